The maximum absolute atomic E-state index is 13.5. The Morgan fingerprint density at radius 3 is 2.30 bits per heavy atom. The molecule has 0 saturated heterocycles. The number of halogens is 3. The fourth-order valence-corrected chi connectivity index (χ4v) is 5.20. The Morgan fingerprint density at radius 1 is 0.875 bits per heavy atom. The SMILES string of the molecule is O=C(CN(c1cccc(C(F)(F)F)c1)S(=O)(=O)c1ccccc1)Nc1ccccc1C(=O)NCc1cccnc1. The smallest absolute Gasteiger partial charge is 0.348 e. The number of carbonyl (C=O) groups is 2. The third-order valence-corrected chi connectivity index (χ3v) is 7.49. The highest BCUT2D eigenvalue weighted by Gasteiger charge is 2.33. The summed E-state index contributed by atoms with van der Waals surface area (Å²) in [6.45, 7) is -0.683. The molecule has 1 heterocycles. The molecule has 2 amide bonds. The molecule has 206 valence electrons. The zero-order valence-electron chi connectivity index (χ0n) is 20.8. The third-order valence-electron chi connectivity index (χ3n) is 5.70. The molecule has 0 saturated carbocycles. The molecule has 0 aliphatic rings. The predicted molar refractivity (Wildman–Crippen MR) is 143 cm³/mol. The number of rotatable bonds is 9. The van der Waals surface area contributed by atoms with Crippen LogP contribution in [0.1, 0.15) is 21.5 Å². The van der Waals surface area contributed by atoms with Gasteiger partial charge < -0.3 is 10.6 Å². The van der Waals surface area contributed by atoms with Crippen LogP contribution < -0.4 is 14.9 Å². The van der Waals surface area contributed by atoms with Crippen molar-refractivity contribution in [3.63, 3.8) is 0 Å². The van der Waals surface area contributed by atoms with Crippen molar-refractivity contribution >= 4 is 33.2 Å². The summed E-state index contributed by atoms with van der Waals surface area (Å²) >= 11 is 0. The second-order valence-electron chi connectivity index (χ2n) is 8.51. The van der Waals surface area contributed by atoms with Crippen molar-refractivity contribution in [2.45, 2.75) is 17.6 Å². The Bertz CT molecular complexity index is 1600. The highest BCUT2D eigenvalue weighted by atomic mass is 32.2. The van der Waals surface area contributed by atoms with E-state index in [-0.39, 0.29) is 28.4 Å². The van der Waals surface area contributed by atoms with Crippen molar-refractivity contribution in [2.24, 2.45) is 0 Å². The Morgan fingerprint density at radius 2 is 1.60 bits per heavy atom. The van der Waals surface area contributed by atoms with Gasteiger partial charge in [-0.05, 0) is 54.1 Å². The third kappa shape index (κ3) is 6.83. The summed E-state index contributed by atoms with van der Waals surface area (Å²) in [6, 6.07) is 20.3. The Kier molecular flexibility index (Phi) is 8.49. The predicted octanol–water partition coefficient (Wildman–Crippen LogP) is 4.86. The molecule has 4 aromatic rings. The number of benzene rings is 3. The summed E-state index contributed by atoms with van der Waals surface area (Å²) in [6.07, 6.45) is -1.55. The quantitative estimate of drug-likeness (QED) is 0.300. The normalized spacial score (nSPS) is 11.5. The van der Waals surface area contributed by atoms with Crippen LogP contribution in [0.25, 0.3) is 0 Å². The number of nitrogens with zero attached hydrogens (tertiary/aromatic N) is 2. The molecule has 4 rings (SSSR count). The van der Waals surface area contributed by atoms with E-state index in [4.69, 9.17) is 0 Å². The molecular formula is C28H23F3N4O4S. The first-order chi connectivity index (χ1) is 19.1. The zero-order chi connectivity index (χ0) is 28.8. The number of aromatic nitrogens is 1. The summed E-state index contributed by atoms with van der Waals surface area (Å²) in [5, 5.41) is 5.24. The number of anilines is 2. The number of alkyl halides is 3. The second kappa shape index (κ2) is 12.0. The van der Waals surface area contributed by atoms with Gasteiger partial charge in [0.1, 0.15) is 6.54 Å². The van der Waals surface area contributed by atoms with E-state index in [0.717, 1.165) is 17.7 Å². The molecule has 8 nitrogen and oxygen atoms in total. The lowest BCUT2D eigenvalue weighted by Crippen LogP contribution is -2.38. The van der Waals surface area contributed by atoms with Crippen molar-refractivity contribution in [2.75, 3.05) is 16.2 Å². The molecule has 0 atom stereocenters. The molecule has 1 aromatic heterocycles. The number of pyridine rings is 1. The van der Waals surface area contributed by atoms with Gasteiger partial charge >= 0.3 is 6.18 Å². The van der Waals surface area contributed by atoms with Gasteiger partial charge in [-0.1, -0.05) is 42.5 Å². The first-order valence-corrected chi connectivity index (χ1v) is 13.3. The molecule has 0 bridgehead atoms. The van der Waals surface area contributed by atoms with Crippen molar-refractivity contribution in [3.8, 4) is 0 Å². The van der Waals surface area contributed by atoms with Gasteiger partial charge in [-0.3, -0.25) is 18.9 Å². The monoisotopic (exact) mass is 568 g/mol. The van der Waals surface area contributed by atoms with Crippen molar-refractivity contribution < 1.29 is 31.2 Å². The van der Waals surface area contributed by atoms with Crippen molar-refractivity contribution in [3.05, 3.63) is 120 Å². The van der Waals surface area contributed by atoms with Crippen LogP contribution in [-0.2, 0) is 27.5 Å². The van der Waals surface area contributed by atoms with E-state index in [1.54, 1.807) is 42.7 Å². The largest absolute Gasteiger partial charge is 0.416 e. The van der Waals surface area contributed by atoms with Crippen molar-refractivity contribution in [1.29, 1.82) is 0 Å². The van der Waals surface area contributed by atoms with E-state index in [0.29, 0.717) is 10.4 Å². The molecule has 0 aliphatic carbocycles. The molecule has 0 spiro atoms. The maximum Gasteiger partial charge on any atom is 0.416 e. The van der Waals surface area contributed by atoms with Gasteiger partial charge in [0.2, 0.25) is 5.91 Å². The van der Waals surface area contributed by atoms with Crippen LogP contribution in [0.4, 0.5) is 24.5 Å². The highest BCUT2D eigenvalue weighted by molar-refractivity contribution is 7.92. The Labute approximate surface area is 228 Å². The molecule has 0 unspecified atom stereocenters. The van der Waals surface area contributed by atoms with E-state index in [9.17, 15) is 31.2 Å². The number of amides is 2. The number of sulfonamides is 1. The van der Waals surface area contributed by atoms with Crippen LogP contribution in [0.2, 0.25) is 0 Å². The van der Waals surface area contributed by atoms with Gasteiger partial charge in [0.25, 0.3) is 15.9 Å². The molecular weight excluding hydrogens is 545 g/mol. The van der Waals surface area contributed by atoms with E-state index in [2.05, 4.69) is 15.6 Å². The van der Waals surface area contributed by atoms with Gasteiger partial charge in [0.15, 0.2) is 0 Å². The Hall–Kier alpha value is -4.71. The van der Waals surface area contributed by atoms with Crippen LogP contribution in [-0.4, -0.2) is 31.8 Å². The molecule has 40 heavy (non-hydrogen) atoms. The molecule has 0 radical (unpaired) electrons. The van der Waals surface area contributed by atoms with E-state index in [1.165, 1.54) is 42.5 Å². The topological polar surface area (TPSA) is 108 Å². The lowest BCUT2D eigenvalue weighted by molar-refractivity contribution is -0.137. The summed E-state index contributed by atoms with van der Waals surface area (Å²) in [5.41, 5.74) is -0.473. The highest BCUT2D eigenvalue weighted by Crippen LogP contribution is 2.33. The maximum atomic E-state index is 13.5. The van der Waals surface area contributed by atoms with Gasteiger partial charge in [0, 0.05) is 18.9 Å². The molecule has 2 N–H and O–H groups in total. The van der Waals surface area contributed by atoms with Gasteiger partial charge in [0.05, 0.1) is 27.4 Å². The first-order valence-electron chi connectivity index (χ1n) is 11.9. The van der Waals surface area contributed by atoms with Crippen LogP contribution in [0.5, 0.6) is 0 Å². The Balaban J connectivity index is 1.60. The van der Waals surface area contributed by atoms with E-state index < -0.39 is 40.1 Å². The number of hydrogen-bond donors (Lipinski definition) is 2. The fourth-order valence-electron chi connectivity index (χ4n) is 3.76. The minimum atomic E-state index is -4.73. The van der Waals surface area contributed by atoms with E-state index >= 15 is 0 Å². The lowest BCUT2D eigenvalue weighted by atomic mass is 10.1. The first kappa shape index (κ1) is 28.3. The zero-order valence-corrected chi connectivity index (χ0v) is 21.6. The second-order valence-corrected chi connectivity index (χ2v) is 10.4. The molecule has 3 aromatic carbocycles. The van der Waals surface area contributed by atoms with Gasteiger partial charge in [-0.2, -0.15) is 13.2 Å². The number of hydrogen-bond acceptors (Lipinski definition) is 5. The van der Waals surface area contributed by atoms with Crippen LogP contribution in [0.15, 0.2) is 108 Å². The number of para-hydroxylation sites is 1. The summed E-state index contributed by atoms with van der Waals surface area (Å²) in [5.74, 6) is -1.38. The van der Waals surface area contributed by atoms with Crippen LogP contribution >= 0.6 is 0 Å². The average molecular weight is 569 g/mol. The lowest BCUT2D eigenvalue weighted by Gasteiger charge is -2.25. The molecule has 12 heteroatoms. The van der Waals surface area contributed by atoms with Gasteiger partial charge in [-0.15, -0.1) is 0 Å². The summed E-state index contributed by atoms with van der Waals surface area (Å²) in [7, 11) is -4.45. The number of carbonyl (C=O) groups excluding carboxylic acids is 2. The minimum Gasteiger partial charge on any atom is -0.348 e. The number of nitrogens with one attached hydrogen (secondary N) is 2. The average Bonchev–Trinajstić information content (AvgIpc) is 2.95. The molecule has 0 fully saturated rings. The molecule has 0 aliphatic heterocycles. The fraction of sp³-hybridized carbons (Fsp3) is 0.107. The van der Waals surface area contributed by atoms with Crippen molar-refractivity contribution in [1.82, 2.24) is 10.3 Å². The van der Waals surface area contributed by atoms with Crippen LogP contribution in [0.3, 0.4) is 0 Å². The minimum absolute atomic E-state index is 0.0947. The van der Waals surface area contributed by atoms with Crippen LogP contribution in [0, 0.1) is 0 Å². The standard InChI is InChI=1S/C28H23F3N4O4S/c29-28(30,31)21-9-6-10-22(16-21)35(40(38,39)23-11-2-1-3-12-23)19-26(36)34-25-14-5-4-13-24(25)27(37)33-18-20-8-7-15-32-17-20/h1-17H,18-19H2,(H,33,37)(H,34,36). The van der Waals surface area contributed by atoms with E-state index in [1.807, 2.05) is 0 Å². The summed E-state index contributed by atoms with van der Waals surface area (Å²) in [4.78, 5) is 29.7. The van der Waals surface area contributed by atoms with Gasteiger partial charge in [-0.25, -0.2) is 8.42 Å². The summed E-state index contributed by atoms with van der Waals surface area (Å²) < 4.78 is 67.8.